The minimum atomic E-state index is -2.17. The Hall–Kier alpha value is -3.28. The molecule has 0 saturated carbocycles. The summed E-state index contributed by atoms with van der Waals surface area (Å²) in [5.74, 6) is -6.29. The van der Waals surface area contributed by atoms with Crippen LogP contribution in [0.25, 0.3) is 0 Å². The van der Waals surface area contributed by atoms with Crippen LogP contribution in [0.3, 0.4) is 0 Å². The van der Waals surface area contributed by atoms with Gasteiger partial charge in [-0.25, -0.2) is 0 Å². The molecule has 1 saturated heterocycles. The molecule has 2 rings (SSSR count). The first kappa shape index (κ1) is 70.3. The number of aliphatic hydroxyl groups is 8. The molecule has 2 bridgehead atoms. The number of carbonyl (C=O) groups excluding carboxylic acids is 1. The topological polar surface area (TPSA) is 244 Å². The van der Waals surface area contributed by atoms with Crippen molar-refractivity contribution in [2.75, 3.05) is 7.11 Å². The number of allylic oxidation sites excluding steroid dienone is 12. The number of fused-ring (bicyclic) bond motifs is 2. The van der Waals surface area contributed by atoms with Crippen LogP contribution in [0.4, 0.5) is 0 Å². The highest BCUT2D eigenvalue weighted by atomic mass is 16.6. The van der Waals surface area contributed by atoms with Crippen molar-refractivity contribution in [3.8, 4) is 0 Å². The van der Waals surface area contributed by atoms with Gasteiger partial charge < -0.3 is 60.2 Å². The number of hydrogen-bond acceptors (Lipinski definition) is 13. The monoisotopic (exact) mass is 957 g/mol. The van der Waals surface area contributed by atoms with Gasteiger partial charge in [0.15, 0.2) is 5.79 Å². The summed E-state index contributed by atoms with van der Waals surface area (Å²) < 4.78 is 16.8. The quantitative estimate of drug-likeness (QED) is 0.119. The summed E-state index contributed by atoms with van der Waals surface area (Å²) in [6.07, 6.45) is 12.4. The second kappa shape index (κ2) is 44.0. The molecule has 14 nitrogen and oxygen atoms in total. The number of ether oxygens (including phenoxy) is 3. The minimum absolute atomic E-state index is 0.0543. The molecule has 14 atom stereocenters. The molecule has 0 radical (unpaired) electrons. The Morgan fingerprint density at radius 3 is 1.57 bits per heavy atom. The van der Waals surface area contributed by atoms with E-state index in [4.69, 9.17) is 14.2 Å². The normalized spacial score (nSPS) is 35.7. The zero-order chi connectivity index (χ0) is 52.5. The molecule has 2 aliphatic heterocycles. The van der Waals surface area contributed by atoms with Crippen LogP contribution in [-0.2, 0) is 23.8 Å². The Morgan fingerprint density at radius 2 is 1.10 bits per heavy atom. The lowest BCUT2D eigenvalue weighted by atomic mass is 9.82. The Morgan fingerprint density at radius 1 is 0.642 bits per heavy atom. The summed E-state index contributed by atoms with van der Waals surface area (Å²) >= 11 is 0. The van der Waals surface area contributed by atoms with Crippen molar-refractivity contribution in [2.24, 2.45) is 17.8 Å². The molecule has 1 fully saturated rings. The van der Waals surface area contributed by atoms with Gasteiger partial charge in [-0.3, -0.25) is 9.59 Å². The van der Waals surface area contributed by atoms with Crippen LogP contribution < -0.4 is 0 Å². The second-order valence-corrected chi connectivity index (χ2v) is 15.6. The number of rotatable bonds is 2. The Labute approximate surface area is 405 Å². The minimum Gasteiger partial charge on any atom is -0.481 e. The SMILES string of the molecule is CC.CC.CC.CC.CCC.CO[C@H]1C=C/C=C/C=C/C=C/C=C/C=C/C=C/[C@H](C)[C@@H](O)[C@@H](C)[C@H](C)OC(=O)C[C@H](O)C[C@H](O)CC[C@@H](O)[C@H](O)C[C@H](O)C[C@]2(O)C[C@H](O)[C@@H](C(=O)O)[C@H](C1)O2. The van der Waals surface area contributed by atoms with Crippen molar-refractivity contribution in [3.63, 3.8) is 0 Å². The number of carbonyl (C=O) groups is 2. The van der Waals surface area contributed by atoms with Crippen LogP contribution in [0.2, 0.25) is 0 Å². The predicted molar refractivity (Wildman–Crippen MR) is 270 cm³/mol. The average Bonchev–Trinajstić information content (AvgIpc) is 3.29. The molecule has 0 spiro atoms. The van der Waals surface area contributed by atoms with E-state index in [9.17, 15) is 55.5 Å². The fraction of sp³-hybridized carbons (Fsp3) is 0.698. The summed E-state index contributed by atoms with van der Waals surface area (Å²) in [5.41, 5.74) is 0. The van der Waals surface area contributed by atoms with E-state index in [0.717, 1.165) is 0 Å². The lowest BCUT2D eigenvalue weighted by Crippen LogP contribution is -2.56. The fourth-order valence-electron chi connectivity index (χ4n) is 6.69. The molecule has 67 heavy (non-hydrogen) atoms. The average molecular weight is 957 g/mol. The molecular formula is C53H96O14. The first-order chi connectivity index (χ1) is 31.9. The van der Waals surface area contributed by atoms with Gasteiger partial charge in [-0.05, 0) is 26.2 Å². The van der Waals surface area contributed by atoms with E-state index in [1.165, 1.54) is 13.5 Å². The van der Waals surface area contributed by atoms with Crippen LogP contribution in [0.15, 0.2) is 85.1 Å². The van der Waals surface area contributed by atoms with Crippen molar-refractivity contribution < 1.29 is 69.8 Å². The Balaban J connectivity index is -0.00000166. The van der Waals surface area contributed by atoms with E-state index in [1.807, 2.05) is 117 Å². The number of aliphatic hydroxyl groups excluding tert-OH is 7. The Kier molecular flexibility index (Phi) is 46.1. The standard InChI is InChI=1S/C42H64O14.C3H8.4C2H6/c1-27-17-15-13-11-9-7-5-6-8-10-12-14-16-18-33(54-4)24-37-39(41(51)52)36(48)26-42(53,56-37)25-32(45)22-35(47)34(46)20-19-30(43)21-31(44)23-38(49)55-29(3)28(2)40(27)50;1-3-2;4*1-2/h5-18,27-37,39-40,43-48,50,53H,19-26H2,1-4H3,(H,51,52);3H2,1-2H3;4*1-2H3/b6-5+,9-7+,10-8+,13-11+,14-12+,17-15+,18-16?;;;;;/t27-,28-,29-,30+,31+,32-,33-,34+,35+,36-,37-,39+,40+,42+;;;;;/m0...../s1. The summed E-state index contributed by atoms with van der Waals surface area (Å²) in [6.45, 7) is 25.5. The van der Waals surface area contributed by atoms with Crippen molar-refractivity contribution in [2.45, 2.75) is 215 Å². The second-order valence-electron chi connectivity index (χ2n) is 15.6. The van der Waals surface area contributed by atoms with Crippen LogP contribution in [0, 0.1) is 17.8 Å². The lowest BCUT2D eigenvalue weighted by Gasteiger charge is -2.44. The third-order valence-electron chi connectivity index (χ3n) is 10.1. The van der Waals surface area contributed by atoms with Crippen LogP contribution in [0.5, 0.6) is 0 Å². The molecule has 0 aromatic rings. The first-order valence-electron chi connectivity index (χ1n) is 24.7. The summed E-state index contributed by atoms with van der Waals surface area (Å²) in [7, 11) is 1.42. The molecule has 0 aliphatic carbocycles. The van der Waals surface area contributed by atoms with Crippen molar-refractivity contribution >= 4 is 11.9 Å². The van der Waals surface area contributed by atoms with E-state index in [0.29, 0.717) is 0 Å². The molecule has 14 heteroatoms. The number of carboxylic acids is 1. The van der Waals surface area contributed by atoms with E-state index >= 15 is 0 Å². The Bertz CT molecular complexity index is 1410. The zero-order valence-corrected chi connectivity index (χ0v) is 43.5. The van der Waals surface area contributed by atoms with Gasteiger partial charge in [0.2, 0.25) is 0 Å². The number of aliphatic carboxylic acids is 1. The largest absolute Gasteiger partial charge is 0.481 e. The molecule has 2 aliphatic rings. The smallest absolute Gasteiger partial charge is 0.311 e. The summed E-state index contributed by atoms with van der Waals surface area (Å²) in [5, 5.41) is 95.5. The summed E-state index contributed by atoms with van der Waals surface area (Å²) in [4.78, 5) is 24.6. The molecule has 0 aromatic heterocycles. The molecule has 2 heterocycles. The van der Waals surface area contributed by atoms with Crippen LogP contribution in [0.1, 0.15) is 148 Å². The number of carboxylic acid groups (broad SMARTS) is 1. The molecule has 0 unspecified atom stereocenters. The van der Waals surface area contributed by atoms with Crippen molar-refractivity contribution in [1.29, 1.82) is 0 Å². The van der Waals surface area contributed by atoms with E-state index < -0.39 is 116 Å². The van der Waals surface area contributed by atoms with Crippen LogP contribution in [-0.4, -0.2) is 132 Å². The van der Waals surface area contributed by atoms with Gasteiger partial charge in [-0.15, -0.1) is 0 Å². The number of cyclic esters (lactones) is 1. The highest BCUT2D eigenvalue weighted by Crippen LogP contribution is 2.37. The van der Waals surface area contributed by atoms with Crippen LogP contribution >= 0.6 is 0 Å². The first-order valence-corrected chi connectivity index (χ1v) is 24.7. The van der Waals surface area contributed by atoms with Crippen molar-refractivity contribution in [1.82, 2.24) is 0 Å². The third kappa shape index (κ3) is 33.0. The van der Waals surface area contributed by atoms with E-state index in [-0.39, 0.29) is 31.6 Å². The highest BCUT2D eigenvalue weighted by molar-refractivity contribution is 5.71. The molecule has 9 N–H and O–H groups in total. The summed E-state index contributed by atoms with van der Waals surface area (Å²) in [6, 6.07) is 0. The molecule has 392 valence electrons. The lowest BCUT2D eigenvalue weighted by molar-refractivity contribution is -0.300. The van der Waals surface area contributed by atoms with E-state index in [2.05, 4.69) is 13.8 Å². The maximum absolute atomic E-state index is 12.5. The van der Waals surface area contributed by atoms with Gasteiger partial charge in [0, 0.05) is 44.6 Å². The maximum atomic E-state index is 12.5. The third-order valence-corrected chi connectivity index (χ3v) is 10.1. The van der Waals surface area contributed by atoms with Gasteiger partial charge in [-0.1, -0.05) is 175 Å². The maximum Gasteiger partial charge on any atom is 0.311 e. The number of hydrogen-bond donors (Lipinski definition) is 9. The predicted octanol–water partition coefficient (Wildman–Crippen LogP) is 8.07. The molecule has 0 amide bonds. The zero-order valence-electron chi connectivity index (χ0n) is 43.5. The number of esters is 1. The molecule has 0 aromatic carbocycles. The fourth-order valence-corrected chi connectivity index (χ4v) is 6.69. The van der Waals surface area contributed by atoms with Crippen molar-refractivity contribution in [3.05, 3.63) is 85.1 Å². The highest BCUT2D eigenvalue weighted by Gasteiger charge is 2.50. The van der Waals surface area contributed by atoms with E-state index in [1.54, 1.807) is 44.2 Å². The van der Waals surface area contributed by atoms with Gasteiger partial charge in [0.05, 0.1) is 61.4 Å². The van der Waals surface area contributed by atoms with Gasteiger partial charge in [0.25, 0.3) is 0 Å². The molecular weight excluding hydrogens is 861 g/mol. The number of methoxy groups -OCH3 is 1. The van der Waals surface area contributed by atoms with Gasteiger partial charge in [-0.2, -0.15) is 0 Å². The van der Waals surface area contributed by atoms with Gasteiger partial charge in [0.1, 0.15) is 12.0 Å². The van der Waals surface area contributed by atoms with Gasteiger partial charge >= 0.3 is 11.9 Å².